The molecule has 100 valence electrons. The maximum absolute atomic E-state index is 13.5. The molecule has 2 N–H and O–H groups in total. The van der Waals surface area contributed by atoms with Crippen LogP contribution in [0.25, 0.3) is 0 Å². The third-order valence-corrected chi connectivity index (χ3v) is 3.71. The molecule has 0 radical (unpaired) electrons. The number of benzene rings is 1. The zero-order valence-corrected chi connectivity index (χ0v) is 10.9. The molecule has 1 atom stereocenters. The summed E-state index contributed by atoms with van der Waals surface area (Å²) in [4.78, 5) is 0. The normalized spacial score (nSPS) is 19.1. The first kappa shape index (κ1) is 13.3. The molecule has 0 amide bonds. The van der Waals surface area contributed by atoms with E-state index in [1.807, 2.05) is 0 Å². The van der Waals surface area contributed by atoms with Crippen LogP contribution in [0.4, 0.5) is 4.39 Å². The minimum Gasteiger partial charge on any atom is -0.496 e. The van der Waals surface area contributed by atoms with Crippen LogP contribution < -0.4 is 10.5 Å². The van der Waals surface area contributed by atoms with Crippen LogP contribution in [0.1, 0.15) is 18.9 Å². The number of methoxy groups -OCH3 is 1. The van der Waals surface area contributed by atoms with Gasteiger partial charge in [-0.3, -0.25) is 0 Å². The Bertz CT molecular complexity index is 420. The van der Waals surface area contributed by atoms with Crippen molar-refractivity contribution in [3.63, 3.8) is 0 Å². The Morgan fingerprint density at radius 2 is 2.22 bits per heavy atom. The summed E-state index contributed by atoms with van der Waals surface area (Å²) in [7, 11) is 1.60. The SMILES string of the molecule is COc1ccc(F)cc1C(C)(CN)CC1COC1. The Hall–Kier alpha value is -1.13. The number of hydrogen-bond donors (Lipinski definition) is 1. The van der Waals surface area contributed by atoms with Gasteiger partial charge in [-0.05, 0) is 24.6 Å². The van der Waals surface area contributed by atoms with Gasteiger partial charge in [0.05, 0.1) is 20.3 Å². The summed E-state index contributed by atoms with van der Waals surface area (Å²) >= 11 is 0. The third kappa shape index (κ3) is 2.49. The molecule has 0 aromatic heterocycles. The van der Waals surface area contributed by atoms with Gasteiger partial charge in [0.1, 0.15) is 11.6 Å². The van der Waals surface area contributed by atoms with Crippen molar-refractivity contribution < 1.29 is 13.9 Å². The smallest absolute Gasteiger partial charge is 0.123 e. The zero-order chi connectivity index (χ0) is 13.2. The molecule has 1 aliphatic heterocycles. The lowest BCUT2D eigenvalue weighted by Gasteiger charge is -2.37. The summed E-state index contributed by atoms with van der Waals surface area (Å²) in [5.74, 6) is 0.950. The highest BCUT2D eigenvalue weighted by molar-refractivity contribution is 5.40. The van der Waals surface area contributed by atoms with E-state index in [1.165, 1.54) is 12.1 Å². The van der Waals surface area contributed by atoms with E-state index in [4.69, 9.17) is 15.2 Å². The van der Waals surface area contributed by atoms with Crippen molar-refractivity contribution in [2.75, 3.05) is 26.9 Å². The first-order valence-corrected chi connectivity index (χ1v) is 6.21. The largest absolute Gasteiger partial charge is 0.496 e. The van der Waals surface area contributed by atoms with Crippen molar-refractivity contribution in [2.45, 2.75) is 18.8 Å². The summed E-state index contributed by atoms with van der Waals surface area (Å²) in [5.41, 5.74) is 6.49. The Labute approximate surface area is 107 Å². The minimum atomic E-state index is -0.276. The highest BCUT2D eigenvalue weighted by atomic mass is 19.1. The van der Waals surface area contributed by atoms with E-state index < -0.39 is 0 Å². The fourth-order valence-corrected chi connectivity index (χ4v) is 2.49. The molecule has 4 heteroatoms. The fraction of sp³-hybridized carbons (Fsp3) is 0.571. The van der Waals surface area contributed by atoms with Gasteiger partial charge in [-0.1, -0.05) is 6.92 Å². The molecule has 1 aromatic rings. The van der Waals surface area contributed by atoms with E-state index in [9.17, 15) is 4.39 Å². The Balaban J connectivity index is 2.31. The van der Waals surface area contributed by atoms with Gasteiger partial charge in [-0.25, -0.2) is 4.39 Å². The second-order valence-electron chi connectivity index (χ2n) is 5.22. The highest BCUT2D eigenvalue weighted by Crippen LogP contribution is 2.38. The third-order valence-electron chi connectivity index (χ3n) is 3.71. The quantitative estimate of drug-likeness (QED) is 0.874. The number of halogens is 1. The second-order valence-corrected chi connectivity index (χ2v) is 5.22. The summed E-state index contributed by atoms with van der Waals surface area (Å²) in [6, 6.07) is 4.60. The van der Waals surface area contributed by atoms with Crippen LogP contribution in [-0.4, -0.2) is 26.9 Å². The lowest BCUT2D eigenvalue weighted by molar-refractivity contribution is -0.0443. The molecule has 1 unspecified atom stereocenters. The lowest BCUT2D eigenvalue weighted by Crippen LogP contribution is -2.40. The molecule has 0 aliphatic carbocycles. The molecule has 0 saturated carbocycles. The maximum Gasteiger partial charge on any atom is 0.123 e. The molecule has 1 aliphatic rings. The Morgan fingerprint density at radius 3 is 2.72 bits per heavy atom. The molecule has 1 fully saturated rings. The average molecular weight is 253 g/mol. The first-order chi connectivity index (χ1) is 8.59. The molecule has 2 rings (SSSR count). The van der Waals surface area contributed by atoms with Crippen molar-refractivity contribution in [3.05, 3.63) is 29.6 Å². The molecule has 3 nitrogen and oxygen atoms in total. The predicted molar refractivity (Wildman–Crippen MR) is 68.3 cm³/mol. The van der Waals surface area contributed by atoms with Gasteiger partial charge in [0.15, 0.2) is 0 Å². The van der Waals surface area contributed by atoms with Crippen LogP contribution in [0.15, 0.2) is 18.2 Å². The van der Waals surface area contributed by atoms with Gasteiger partial charge in [0.2, 0.25) is 0 Å². The number of hydrogen-bond acceptors (Lipinski definition) is 3. The highest BCUT2D eigenvalue weighted by Gasteiger charge is 2.34. The van der Waals surface area contributed by atoms with Crippen LogP contribution >= 0.6 is 0 Å². The first-order valence-electron chi connectivity index (χ1n) is 6.21. The summed E-state index contributed by atoms with van der Waals surface area (Å²) < 4.78 is 24.0. The minimum absolute atomic E-state index is 0.254. The van der Waals surface area contributed by atoms with Gasteiger partial charge in [0, 0.05) is 23.4 Å². The number of ether oxygens (including phenoxy) is 2. The van der Waals surface area contributed by atoms with Crippen molar-refractivity contribution >= 4 is 0 Å². The van der Waals surface area contributed by atoms with Crippen molar-refractivity contribution in [1.82, 2.24) is 0 Å². The Kier molecular flexibility index (Phi) is 3.88. The van der Waals surface area contributed by atoms with E-state index >= 15 is 0 Å². The number of nitrogens with two attached hydrogens (primary N) is 1. The van der Waals surface area contributed by atoms with Crippen LogP contribution in [0.3, 0.4) is 0 Å². The van der Waals surface area contributed by atoms with Crippen molar-refractivity contribution in [2.24, 2.45) is 11.7 Å². The van der Waals surface area contributed by atoms with E-state index in [0.29, 0.717) is 18.2 Å². The topological polar surface area (TPSA) is 44.5 Å². The lowest BCUT2D eigenvalue weighted by atomic mass is 9.74. The Morgan fingerprint density at radius 1 is 1.50 bits per heavy atom. The molecular weight excluding hydrogens is 233 g/mol. The van der Waals surface area contributed by atoms with Gasteiger partial charge < -0.3 is 15.2 Å². The standard InChI is InChI=1S/C14H20FNO2/c1-14(9-16,6-10-7-18-8-10)12-5-11(15)3-4-13(12)17-2/h3-5,10H,6-9,16H2,1-2H3. The van der Waals surface area contributed by atoms with Crippen LogP contribution in [0.5, 0.6) is 5.75 Å². The van der Waals surface area contributed by atoms with Crippen LogP contribution in [0, 0.1) is 11.7 Å². The average Bonchev–Trinajstić information content (AvgIpc) is 2.33. The summed E-state index contributed by atoms with van der Waals surface area (Å²) in [5, 5.41) is 0. The monoisotopic (exact) mass is 253 g/mol. The zero-order valence-electron chi connectivity index (χ0n) is 10.9. The summed E-state index contributed by atoms with van der Waals surface area (Å²) in [6.45, 7) is 4.06. The van der Waals surface area contributed by atoms with Gasteiger partial charge in [0.25, 0.3) is 0 Å². The molecule has 1 heterocycles. The van der Waals surface area contributed by atoms with Crippen molar-refractivity contribution in [3.8, 4) is 5.75 Å². The van der Waals surface area contributed by atoms with Gasteiger partial charge in [-0.15, -0.1) is 0 Å². The van der Waals surface area contributed by atoms with Crippen LogP contribution in [-0.2, 0) is 10.2 Å². The van der Waals surface area contributed by atoms with E-state index in [0.717, 1.165) is 25.2 Å². The number of rotatable bonds is 5. The molecule has 0 spiro atoms. The van der Waals surface area contributed by atoms with E-state index in [-0.39, 0.29) is 11.2 Å². The second kappa shape index (κ2) is 5.24. The molecule has 0 bridgehead atoms. The molecule has 1 saturated heterocycles. The van der Waals surface area contributed by atoms with Gasteiger partial charge in [-0.2, -0.15) is 0 Å². The van der Waals surface area contributed by atoms with Gasteiger partial charge >= 0.3 is 0 Å². The maximum atomic E-state index is 13.5. The fourth-order valence-electron chi connectivity index (χ4n) is 2.49. The van der Waals surface area contributed by atoms with E-state index in [1.54, 1.807) is 13.2 Å². The molecule has 18 heavy (non-hydrogen) atoms. The van der Waals surface area contributed by atoms with Crippen LogP contribution in [0.2, 0.25) is 0 Å². The predicted octanol–water partition coefficient (Wildman–Crippen LogP) is 2.09. The van der Waals surface area contributed by atoms with E-state index in [2.05, 4.69) is 6.92 Å². The molecular formula is C14H20FNO2. The van der Waals surface area contributed by atoms with Crippen molar-refractivity contribution in [1.29, 1.82) is 0 Å². The molecule has 1 aromatic carbocycles. The summed E-state index contributed by atoms with van der Waals surface area (Å²) in [6.07, 6.45) is 0.892.